The number of para-hydroxylation sites is 1. The fourth-order valence-corrected chi connectivity index (χ4v) is 3.54. The van der Waals surface area contributed by atoms with Crippen molar-refractivity contribution in [3.63, 3.8) is 0 Å². The van der Waals surface area contributed by atoms with Gasteiger partial charge in [0.25, 0.3) is 0 Å². The van der Waals surface area contributed by atoms with Gasteiger partial charge in [-0.2, -0.15) is 0 Å². The van der Waals surface area contributed by atoms with Crippen LogP contribution in [0.5, 0.6) is 0 Å². The highest BCUT2D eigenvalue weighted by atomic mass is 14.9. The fraction of sp³-hybridized carbons (Fsp3) is 0.526. The Bertz CT molecular complexity index is 573. The van der Waals surface area contributed by atoms with Gasteiger partial charge in [-0.3, -0.25) is 4.98 Å². The molecule has 1 aromatic carbocycles. The summed E-state index contributed by atoms with van der Waals surface area (Å²) >= 11 is 0. The van der Waals surface area contributed by atoms with Crippen LogP contribution in [0.25, 0.3) is 10.9 Å². The van der Waals surface area contributed by atoms with Crippen molar-refractivity contribution >= 4 is 10.9 Å². The van der Waals surface area contributed by atoms with E-state index in [1.165, 1.54) is 43.2 Å². The van der Waals surface area contributed by atoms with Gasteiger partial charge < -0.3 is 5.32 Å². The molecule has 21 heavy (non-hydrogen) atoms. The van der Waals surface area contributed by atoms with E-state index in [1.54, 1.807) is 0 Å². The molecule has 2 heteroatoms. The molecule has 0 aliphatic heterocycles. The van der Waals surface area contributed by atoms with Crippen molar-refractivity contribution in [3.8, 4) is 0 Å². The van der Waals surface area contributed by atoms with E-state index in [9.17, 15) is 0 Å². The molecule has 3 rings (SSSR count). The molecule has 1 aliphatic rings. The standard InChI is InChI=1S/C19H26N2/c1-2-13-20-19(15-7-3-4-8-15)14-17-12-11-16-9-5-6-10-18(16)21-17/h5-6,9-12,15,19-20H,2-4,7-8,13-14H2,1H3. The molecule has 0 saturated heterocycles. The Morgan fingerprint density at radius 2 is 1.95 bits per heavy atom. The van der Waals surface area contributed by atoms with Gasteiger partial charge in [0.05, 0.1) is 5.52 Å². The van der Waals surface area contributed by atoms with Crippen LogP contribution in [0.2, 0.25) is 0 Å². The Balaban J connectivity index is 1.75. The highest BCUT2D eigenvalue weighted by Crippen LogP contribution is 2.29. The zero-order valence-electron chi connectivity index (χ0n) is 13.0. The molecule has 1 heterocycles. The smallest absolute Gasteiger partial charge is 0.0705 e. The minimum Gasteiger partial charge on any atom is -0.313 e. The topological polar surface area (TPSA) is 24.9 Å². The fourth-order valence-electron chi connectivity index (χ4n) is 3.54. The molecular formula is C19H26N2. The summed E-state index contributed by atoms with van der Waals surface area (Å²) in [5, 5.41) is 5.00. The summed E-state index contributed by atoms with van der Waals surface area (Å²) in [6.45, 7) is 3.36. The molecule has 0 radical (unpaired) electrons. The minimum atomic E-state index is 0.598. The van der Waals surface area contributed by atoms with Crippen LogP contribution >= 0.6 is 0 Å². The van der Waals surface area contributed by atoms with Gasteiger partial charge in [-0.05, 0) is 43.9 Å². The first-order chi connectivity index (χ1) is 10.4. The van der Waals surface area contributed by atoms with Gasteiger partial charge in [-0.1, -0.05) is 44.0 Å². The van der Waals surface area contributed by atoms with Gasteiger partial charge in [0.15, 0.2) is 0 Å². The largest absolute Gasteiger partial charge is 0.313 e. The predicted octanol–water partition coefficient (Wildman–Crippen LogP) is 4.34. The van der Waals surface area contributed by atoms with Crippen LogP contribution in [-0.2, 0) is 6.42 Å². The summed E-state index contributed by atoms with van der Waals surface area (Å²) < 4.78 is 0. The Kier molecular flexibility index (Phi) is 4.87. The maximum absolute atomic E-state index is 4.85. The quantitative estimate of drug-likeness (QED) is 0.852. The molecule has 0 bridgehead atoms. The van der Waals surface area contributed by atoms with Crippen molar-refractivity contribution in [3.05, 3.63) is 42.1 Å². The highest BCUT2D eigenvalue weighted by molar-refractivity contribution is 5.78. The molecule has 1 saturated carbocycles. The number of hydrogen-bond donors (Lipinski definition) is 1. The van der Waals surface area contributed by atoms with E-state index in [-0.39, 0.29) is 0 Å². The number of fused-ring (bicyclic) bond motifs is 1. The van der Waals surface area contributed by atoms with Gasteiger partial charge in [-0.15, -0.1) is 0 Å². The first-order valence-corrected chi connectivity index (χ1v) is 8.45. The third-order valence-corrected chi connectivity index (χ3v) is 4.71. The molecule has 1 unspecified atom stereocenters. The van der Waals surface area contributed by atoms with Crippen LogP contribution in [-0.4, -0.2) is 17.6 Å². The molecule has 0 amide bonds. The lowest BCUT2D eigenvalue weighted by atomic mass is 9.93. The third kappa shape index (κ3) is 3.62. The van der Waals surface area contributed by atoms with Crippen LogP contribution in [0.3, 0.4) is 0 Å². The van der Waals surface area contributed by atoms with E-state index in [2.05, 4.69) is 48.6 Å². The van der Waals surface area contributed by atoms with Crippen molar-refractivity contribution < 1.29 is 0 Å². The zero-order valence-corrected chi connectivity index (χ0v) is 13.0. The van der Waals surface area contributed by atoms with E-state index < -0.39 is 0 Å². The Hall–Kier alpha value is -1.41. The van der Waals surface area contributed by atoms with Crippen LogP contribution in [0.15, 0.2) is 36.4 Å². The number of nitrogens with one attached hydrogen (secondary N) is 1. The summed E-state index contributed by atoms with van der Waals surface area (Å²) in [5.74, 6) is 0.838. The number of hydrogen-bond acceptors (Lipinski definition) is 2. The summed E-state index contributed by atoms with van der Waals surface area (Å²) in [5.41, 5.74) is 2.35. The van der Waals surface area contributed by atoms with Gasteiger partial charge in [0.1, 0.15) is 0 Å². The molecule has 1 aromatic heterocycles. The second kappa shape index (κ2) is 7.04. The lowest BCUT2D eigenvalue weighted by molar-refractivity contribution is 0.354. The SMILES string of the molecule is CCCNC(Cc1ccc2ccccc2n1)C1CCCC1. The zero-order chi connectivity index (χ0) is 14.5. The van der Waals surface area contributed by atoms with E-state index in [0.29, 0.717) is 6.04 Å². The molecule has 1 atom stereocenters. The molecule has 1 fully saturated rings. The number of nitrogens with zero attached hydrogens (tertiary/aromatic N) is 1. The average molecular weight is 282 g/mol. The first kappa shape index (κ1) is 14.5. The van der Waals surface area contributed by atoms with Crippen LogP contribution < -0.4 is 5.32 Å². The molecule has 2 nitrogen and oxygen atoms in total. The van der Waals surface area contributed by atoms with Crippen molar-refractivity contribution in [1.29, 1.82) is 0 Å². The summed E-state index contributed by atoms with van der Waals surface area (Å²) in [6, 6.07) is 13.4. The van der Waals surface area contributed by atoms with Crippen molar-refractivity contribution in [2.24, 2.45) is 5.92 Å². The lowest BCUT2D eigenvalue weighted by Gasteiger charge is -2.24. The minimum absolute atomic E-state index is 0.598. The lowest BCUT2D eigenvalue weighted by Crippen LogP contribution is -2.37. The van der Waals surface area contributed by atoms with Crippen LogP contribution in [0.4, 0.5) is 0 Å². The van der Waals surface area contributed by atoms with Gasteiger partial charge >= 0.3 is 0 Å². The van der Waals surface area contributed by atoms with Crippen molar-refractivity contribution in [2.45, 2.75) is 51.5 Å². The highest BCUT2D eigenvalue weighted by Gasteiger charge is 2.24. The Labute approximate surface area is 128 Å². The summed E-state index contributed by atoms with van der Waals surface area (Å²) in [7, 11) is 0. The van der Waals surface area contributed by atoms with Crippen LogP contribution in [0.1, 0.15) is 44.7 Å². The molecule has 1 N–H and O–H groups in total. The number of aromatic nitrogens is 1. The van der Waals surface area contributed by atoms with Crippen LogP contribution in [0, 0.1) is 5.92 Å². The Morgan fingerprint density at radius 3 is 2.76 bits per heavy atom. The van der Waals surface area contributed by atoms with Gasteiger partial charge in [-0.25, -0.2) is 0 Å². The number of pyridine rings is 1. The number of rotatable bonds is 6. The van der Waals surface area contributed by atoms with Crippen molar-refractivity contribution in [1.82, 2.24) is 10.3 Å². The van der Waals surface area contributed by atoms with E-state index in [4.69, 9.17) is 4.98 Å². The van der Waals surface area contributed by atoms with E-state index in [1.807, 2.05) is 0 Å². The predicted molar refractivity (Wildman–Crippen MR) is 89.5 cm³/mol. The average Bonchev–Trinajstić information content (AvgIpc) is 3.05. The maximum Gasteiger partial charge on any atom is 0.0705 e. The summed E-state index contributed by atoms with van der Waals surface area (Å²) in [6.07, 6.45) is 7.84. The molecule has 112 valence electrons. The second-order valence-corrected chi connectivity index (χ2v) is 6.30. The monoisotopic (exact) mass is 282 g/mol. The molecule has 1 aliphatic carbocycles. The second-order valence-electron chi connectivity index (χ2n) is 6.30. The van der Waals surface area contributed by atoms with Gasteiger partial charge in [0.2, 0.25) is 0 Å². The van der Waals surface area contributed by atoms with E-state index >= 15 is 0 Å². The van der Waals surface area contributed by atoms with Gasteiger partial charge in [0, 0.05) is 23.5 Å². The maximum atomic E-state index is 4.85. The first-order valence-electron chi connectivity index (χ1n) is 8.45. The van der Waals surface area contributed by atoms with Crippen molar-refractivity contribution in [2.75, 3.05) is 6.54 Å². The third-order valence-electron chi connectivity index (χ3n) is 4.71. The Morgan fingerprint density at radius 1 is 1.14 bits per heavy atom. The molecule has 0 spiro atoms. The molecule has 2 aromatic rings. The van der Waals surface area contributed by atoms with E-state index in [0.717, 1.165) is 24.4 Å². The molecular weight excluding hydrogens is 256 g/mol. The number of benzene rings is 1. The summed E-state index contributed by atoms with van der Waals surface area (Å²) in [4.78, 5) is 4.85. The normalized spacial score (nSPS) is 17.4.